The predicted octanol–water partition coefficient (Wildman–Crippen LogP) is 4.02. The standard InChI is InChI=1S/C22H35N8O3P/c1-16(2)30(17(3)4)34(31-11-7-10-23)32-12-18-8-9-19(33-18)29-15-26-20-21(27-14-28(5)6)24-13-25-22(20)29/h13-19H,7-9,11-12H2,1-6H3/b27-14-/t18-,19+,34?/m0/s1. The summed E-state index contributed by atoms with van der Waals surface area (Å²) in [5, 5.41) is 8.88. The molecule has 0 aliphatic carbocycles. The third-order valence-electron chi connectivity index (χ3n) is 5.18. The van der Waals surface area contributed by atoms with E-state index in [2.05, 4.69) is 58.4 Å². The monoisotopic (exact) mass is 490 g/mol. The molecule has 34 heavy (non-hydrogen) atoms. The first-order valence-corrected chi connectivity index (χ1v) is 12.7. The first-order valence-electron chi connectivity index (χ1n) is 11.6. The fourth-order valence-corrected chi connectivity index (χ4v) is 5.43. The van der Waals surface area contributed by atoms with Gasteiger partial charge in [0.05, 0.1) is 44.5 Å². The first-order chi connectivity index (χ1) is 16.3. The molecule has 1 aliphatic rings. The van der Waals surface area contributed by atoms with Gasteiger partial charge in [0.1, 0.15) is 12.6 Å². The van der Waals surface area contributed by atoms with Gasteiger partial charge in [-0.25, -0.2) is 24.6 Å². The molecule has 11 nitrogen and oxygen atoms in total. The van der Waals surface area contributed by atoms with Crippen molar-refractivity contribution in [3.05, 3.63) is 12.7 Å². The Balaban J connectivity index is 1.66. The highest BCUT2D eigenvalue weighted by Crippen LogP contribution is 2.46. The van der Waals surface area contributed by atoms with Crippen LogP contribution in [0, 0.1) is 11.3 Å². The highest BCUT2D eigenvalue weighted by Gasteiger charge is 2.32. The van der Waals surface area contributed by atoms with Crippen LogP contribution in [0.4, 0.5) is 5.82 Å². The minimum absolute atomic E-state index is 0.0683. The Bertz CT molecular complexity index is 982. The summed E-state index contributed by atoms with van der Waals surface area (Å²) in [6.07, 6.45) is 6.68. The van der Waals surface area contributed by atoms with Crippen LogP contribution in [-0.4, -0.2) is 80.9 Å². The van der Waals surface area contributed by atoms with Crippen LogP contribution < -0.4 is 0 Å². The molecule has 0 amide bonds. The van der Waals surface area contributed by atoms with Crippen molar-refractivity contribution in [2.24, 2.45) is 4.99 Å². The van der Waals surface area contributed by atoms with Crippen LogP contribution in [0.15, 0.2) is 17.6 Å². The number of rotatable bonds is 12. The molecule has 1 saturated heterocycles. The van der Waals surface area contributed by atoms with Crippen LogP contribution in [0.25, 0.3) is 11.2 Å². The molecule has 2 aromatic heterocycles. The van der Waals surface area contributed by atoms with E-state index in [0.29, 0.717) is 36.6 Å². The van der Waals surface area contributed by atoms with Gasteiger partial charge in [0.15, 0.2) is 17.0 Å². The zero-order chi connectivity index (χ0) is 24.7. The molecule has 1 unspecified atom stereocenters. The smallest absolute Gasteiger partial charge is 0.259 e. The highest BCUT2D eigenvalue weighted by atomic mass is 31.2. The van der Waals surface area contributed by atoms with Gasteiger partial charge in [-0.2, -0.15) is 5.26 Å². The molecule has 3 heterocycles. The van der Waals surface area contributed by atoms with E-state index in [4.69, 9.17) is 19.0 Å². The number of hydrogen-bond donors (Lipinski definition) is 0. The number of hydrogen-bond acceptors (Lipinski definition) is 9. The fraction of sp³-hybridized carbons (Fsp3) is 0.682. The molecule has 1 aliphatic heterocycles. The van der Waals surface area contributed by atoms with Crippen molar-refractivity contribution in [1.82, 2.24) is 29.1 Å². The SMILES string of the molecule is CC(C)N(C(C)C)P(OCCC#N)OC[C@@H]1CC[C@H](n2cnc3c(/N=C\N(C)C)ncnc32)O1. The van der Waals surface area contributed by atoms with E-state index >= 15 is 0 Å². The Morgan fingerprint density at radius 3 is 2.68 bits per heavy atom. The number of fused-ring (bicyclic) bond motifs is 1. The zero-order valence-corrected chi connectivity index (χ0v) is 21.7. The summed E-state index contributed by atoms with van der Waals surface area (Å²) >= 11 is 0. The van der Waals surface area contributed by atoms with Gasteiger partial charge in [0, 0.05) is 26.2 Å². The lowest BCUT2D eigenvalue weighted by molar-refractivity contribution is -0.0187. The predicted molar refractivity (Wildman–Crippen MR) is 131 cm³/mol. The van der Waals surface area contributed by atoms with E-state index in [1.54, 1.807) is 12.7 Å². The first kappa shape index (κ1) is 26.4. The number of aliphatic imine (C=N–C) groups is 1. The Hall–Kier alpha value is -2.22. The summed E-state index contributed by atoms with van der Waals surface area (Å²) in [7, 11) is 2.51. The number of imidazole rings is 1. The molecule has 0 aromatic carbocycles. The van der Waals surface area contributed by atoms with E-state index < -0.39 is 8.53 Å². The third kappa shape index (κ3) is 6.68. The quantitative estimate of drug-likeness (QED) is 0.188. The van der Waals surface area contributed by atoms with Crippen molar-refractivity contribution in [2.45, 2.75) is 71.4 Å². The minimum atomic E-state index is -1.29. The summed E-state index contributed by atoms with van der Waals surface area (Å²) in [6, 6.07) is 2.64. The third-order valence-corrected chi connectivity index (χ3v) is 7.25. The Labute approximate surface area is 202 Å². The van der Waals surface area contributed by atoms with Gasteiger partial charge >= 0.3 is 0 Å². The lowest BCUT2D eigenvalue weighted by Gasteiger charge is -2.36. The van der Waals surface area contributed by atoms with E-state index in [0.717, 1.165) is 12.8 Å². The number of aromatic nitrogens is 4. The maximum Gasteiger partial charge on any atom is 0.259 e. The van der Waals surface area contributed by atoms with Gasteiger partial charge in [0.25, 0.3) is 8.53 Å². The Morgan fingerprint density at radius 2 is 2.00 bits per heavy atom. The normalized spacial score (nSPS) is 19.6. The largest absolute Gasteiger partial charge is 0.369 e. The summed E-state index contributed by atoms with van der Waals surface area (Å²) < 4.78 is 22.7. The van der Waals surface area contributed by atoms with Crippen LogP contribution in [-0.2, 0) is 13.8 Å². The molecule has 0 spiro atoms. The van der Waals surface area contributed by atoms with Crippen LogP contribution >= 0.6 is 8.53 Å². The minimum Gasteiger partial charge on any atom is -0.369 e. The zero-order valence-electron chi connectivity index (χ0n) is 20.8. The molecular formula is C22H35N8O3P. The van der Waals surface area contributed by atoms with E-state index in [1.165, 1.54) is 6.33 Å². The Morgan fingerprint density at radius 1 is 1.24 bits per heavy atom. The topological polar surface area (TPSA) is 114 Å². The van der Waals surface area contributed by atoms with Gasteiger partial charge in [0.2, 0.25) is 0 Å². The van der Waals surface area contributed by atoms with Crippen molar-refractivity contribution in [1.29, 1.82) is 5.26 Å². The molecule has 0 bridgehead atoms. The molecule has 0 radical (unpaired) electrons. The maximum absolute atomic E-state index is 8.88. The molecular weight excluding hydrogens is 455 g/mol. The molecule has 12 heteroatoms. The molecule has 0 N–H and O–H groups in total. The van der Waals surface area contributed by atoms with Gasteiger partial charge < -0.3 is 18.7 Å². The second-order valence-electron chi connectivity index (χ2n) is 8.86. The van der Waals surface area contributed by atoms with Gasteiger partial charge in [-0.15, -0.1) is 0 Å². The number of nitriles is 1. The van der Waals surface area contributed by atoms with E-state index in [9.17, 15) is 0 Å². The van der Waals surface area contributed by atoms with Crippen LogP contribution in [0.2, 0.25) is 0 Å². The van der Waals surface area contributed by atoms with Crippen molar-refractivity contribution in [3.63, 3.8) is 0 Å². The summed E-state index contributed by atoms with van der Waals surface area (Å²) in [5.41, 5.74) is 1.34. The molecule has 186 valence electrons. The van der Waals surface area contributed by atoms with Crippen LogP contribution in [0.3, 0.4) is 0 Å². The highest BCUT2D eigenvalue weighted by molar-refractivity contribution is 7.44. The lowest BCUT2D eigenvalue weighted by atomic mass is 10.2. The second kappa shape index (κ2) is 12.5. The van der Waals surface area contributed by atoms with Gasteiger partial charge in [-0.3, -0.25) is 4.57 Å². The molecule has 1 fully saturated rings. The molecule has 3 rings (SSSR count). The second-order valence-corrected chi connectivity index (χ2v) is 10.3. The molecule has 0 saturated carbocycles. The van der Waals surface area contributed by atoms with Gasteiger partial charge in [-0.1, -0.05) is 0 Å². The summed E-state index contributed by atoms with van der Waals surface area (Å²) in [4.78, 5) is 19.4. The van der Waals surface area contributed by atoms with Crippen molar-refractivity contribution in [3.8, 4) is 6.07 Å². The van der Waals surface area contributed by atoms with Crippen molar-refractivity contribution < 1.29 is 13.8 Å². The van der Waals surface area contributed by atoms with E-state index in [1.807, 2.05) is 23.6 Å². The summed E-state index contributed by atoms with van der Waals surface area (Å²) in [6.45, 7) is 9.26. The fourth-order valence-electron chi connectivity index (χ4n) is 3.79. The van der Waals surface area contributed by atoms with Crippen molar-refractivity contribution >= 4 is 31.8 Å². The van der Waals surface area contributed by atoms with Crippen LogP contribution in [0.1, 0.15) is 53.2 Å². The summed E-state index contributed by atoms with van der Waals surface area (Å²) in [5.74, 6) is 0.526. The van der Waals surface area contributed by atoms with Crippen LogP contribution in [0.5, 0.6) is 0 Å². The lowest BCUT2D eigenvalue weighted by Crippen LogP contribution is -2.34. The maximum atomic E-state index is 8.88. The Kier molecular flexibility index (Phi) is 9.68. The number of ether oxygens (including phenoxy) is 1. The molecule has 3 atom stereocenters. The molecule has 2 aromatic rings. The van der Waals surface area contributed by atoms with Gasteiger partial charge in [-0.05, 0) is 40.5 Å². The van der Waals surface area contributed by atoms with E-state index in [-0.39, 0.29) is 24.4 Å². The average Bonchev–Trinajstić information content (AvgIpc) is 3.42. The number of nitrogens with zero attached hydrogens (tertiary/aromatic N) is 8. The average molecular weight is 491 g/mol. The van der Waals surface area contributed by atoms with Crippen molar-refractivity contribution in [2.75, 3.05) is 27.3 Å².